The van der Waals surface area contributed by atoms with Gasteiger partial charge in [0, 0.05) is 17.1 Å². The molecule has 0 aliphatic rings. The fourth-order valence-corrected chi connectivity index (χ4v) is 2.53. The van der Waals surface area contributed by atoms with E-state index in [0.717, 1.165) is 36.2 Å². The van der Waals surface area contributed by atoms with E-state index in [1.165, 1.54) is 11.3 Å². The van der Waals surface area contributed by atoms with Crippen LogP contribution in [0.15, 0.2) is 34.8 Å². The molecule has 1 N–H and O–H groups in total. The number of aromatic nitrogens is 2. The zero-order valence-corrected chi connectivity index (χ0v) is 14.7. The number of nitrogens with one attached hydrogen (secondary N) is 1. The van der Waals surface area contributed by atoms with Crippen LogP contribution in [0.2, 0.25) is 0 Å². The van der Waals surface area contributed by atoms with Crippen molar-refractivity contribution in [2.75, 3.05) is 11.9 Å². The smallest absolute Gasteiger partial charge is 0.124 e. The maximum atomic E-state index is 4.76. The summed E-state index contributed by atoms with van der Waals surface area (Å²) in [4.78, 5) is 0. The molecule has 1 aromatic carbocycles. The first-order valence-corrected chi connectivity index (χ1v) is 8.42. The highest BCUT2D eigenvalue weighted by Gasteiger charge is 2.09. The van der Waals surface area contributed by atoms with Gasteiger partial charge in [0.05, 0.1) is 12.2 Å². The van der Waals surface area contributed by atoms with Crippen molar-refractivity contribution in [2.24, 2.45) is 5.92 Å². The van der Waals surface area contributed by atoms with Crippen LogP contribution < -0.4 is 5.32 Å². The molecule has 0 bridgehead atoms. The zero-order valence-electron chi connectivity index (χ0n) is 13.1. The van der Waals surface area contributed by atoms with Crippen LogP contribution in [0.5, 0.6) is 0 Å². The average molecular weight is 350 g/mol. The van der Waals surface area contributed by atoms with E-state index < -0.39 is 0 Å². The van der Waals surface area contributed by atoms with Gasteiger partial charge in [0.15, 0.2) is 0 Å². The molecule has 3 nitrogen and oxygen atoms in total. The Morgan fingerprint density at radius 1 is 1.24 bits per heavy atom. The number of hydrogen-bond acceptors (Lipinski definition) is 2. The lowest BCUT2D eigenvalue weighted by molar-refractivity contribution is 0.609. The first kappa shape index (κ1) is 16.1. The van der Waals surface area contributed by atoms with Crippen LogP contribution >= 0.6 is 15.9 Å². The van der Waals surface area contributed by atoms with Crippen molar-refractivity contribution in [3.05, 3.63) is 46.1 Å². The highest BCUT2D eigenvalue weighted by molar-refractivity contribution is 9.10. The number of nitrogens with zero attached hydrogens (tertiary/aromatic N) is 2. The molecule has 0 aliphatic heterocycles. The lowest BCUT2D eigenvalue weighted by atomic mass is 10.1. The molecule has 0 atom stereocenters. The van der Waals surface area contributed by atoms with Gasteiger partial charge >= 0.3 is 0 Å². The molecule has 2 aromatic rings. The molecule has 0 saturated heterocycles. The minimum atomic E-state index is 0.625. The van der Waals surface area contributed by atoms with Crippen molar-refractivity contribution in [3.63, 3.8) is 0 Å². The Kier molecular flexibility index (Phi) is 5.85. The minimum absolute atomic E-state index is 0.625. The van der Waals surface area contributed by atoms with Crippen molar-refractivity contribution >= 4 is 21.7 Å². The van der Waals surface area contributed by atoms with E-state index in [0.29, 0.717) is 5.92 Å². The second kappa shape index (κ2) is 7.64. The van der Waals surface area contributed by atoms with E-state index >= 15 is 0 Å². The molecule has 0 aliphatic carbocycles. The minimum Gasteiger partial charge on any atom is -0.370 e. The maximum absolute atomic E-state index is 4.76. The summed E-state index contributed by atoms with van der Waals surface area (Å²) in [6, 6.07) is 10.6. The Hall–Kier alpha value is -1.29. The molecule has 1 heterocycles. The summed E-state index contributed by atoms with van der Waals surface area (Å²) in [5.41, 5.74) is 2.43. The molecule has 0 amide bonds. The Morgan fingerprint density at radius 3 is 2.57 bits per heavy atom. The number of rotatable bonds is 7. The number of halogens is 1. The topological polar surface area (TPSA) is 29.9 Å². The van der Waals surface area contributed by atoms with Crippen molar-refractivity contribution < 1.29 is 0 Å². The van der Waals surface area contributed by atoms with E-state index in [1.54, 1.807) is 0 Å². The van der Waals surface area contributed by atoms with E-state index in [4.69, 9.17) is 5.10 Å². The van der Waals surface area contributed by atoms with Crippen molar-refractivity contribution in [3.8, 4) is 0 Å². The molecule has 0 saturated carbocycles. The van der Waals surface area contributed by atoms with Crippen LogP contribution in [0, 0.1) is 5.92 Å². The van der Waals surface area contributed by atoms with E-state index in [-0.39, 0.29) is 0 Å². The molecule has 114 valence electrons. The summed E-state index contributed by atoms with van der Waals surface area (Å²) in [5, 5.41) is 8.24. The van der Waals surface area contributed by atoms with Crippen molar-refractivity contribution in [1.82, 2.24) is 9.78 Å². The van der Waals surface area contributed by atoms with Gasteiger partial charge in [-0.3, -0.25) is 0 Å². The maximum Gasteiger partial charge on any atom is 0.124 e. The summed E-state index contributed by atoms with van der Waals surface area (Å²) in [5.74, 6) is 1.75. The van der Waals surface area contributed by atoms with Crippen LogP contribution in [0.3, 0.4) is 0 Å². The number of anilines is 1. The van der Waals surface area contributed by atoms with Crippen molar-refractivity contribution in [2.45, 2.75) is 40.2 Å². The standard InChI is InChI=1S/C17H24BrN3/c1-4-9-19-17-11-16(10-13(2)3)20-21(17)12-14-5-7-15(18)8-6-14/h5-8,11,13,19H,4,9-10,12H2,1-3H3. The quantitative estimate of drug-likeness (QED) is 0.783. The predicted molar refractivity (Wildman–Crippen MR) is 92.8 cm³/mol. The van der Waals surface area contributed by atoms with Gasteiger partial charge in [0.25, 0.3) is 0 Å². The van der Waals surface area contributed by atoms with Crippen LogP contribution in [0.1, 0.15) is 38.4 Å². The first-order valence-electron chi connectivity index (χ1n) is 7.63. The van der Waals surface area contributed by atoms with Gasteiger partial charge < -0.3 is 5.32 Å². The molecule has 0 fully saturated rings. The summed E-state index contributed by atoms with van der Waals surface area (Å²) in [6.07, 6.45) is 2.14. The van der Waals surface area contributed by atoms with Gasteiger partial charge in [-0.2, -0.15) is 5.10 Å². The van der Waals surface area contributed by atoms with Crippen molar-refractivity contribution in [1.29, 1.82) is 0 Å². The van der Waals surface area contributed by atoms with Gasteiger partial charge in [0.1, 0.15) is 5.82 Å². The van der Waals surface area contributed by atoms with Gasteiger partial charge in [-0.25, -0.2) is 4.68 Å². The van der Waals surface area contributed by atoms with Crippen LogP contribution in [-0.2, 0) is 13.0 Å². The SMILES string of the molecule is CCCNc1cc(CC(C)C)nn1Cc1ccc(Br)cc1. The lowest BCUT2D eigenvalue weighted by Gasteiger charge is -2.09. The first-order chi connectivity index (χ1) is 10.1. The summed E-state index contributed by atoms with van der Waals surface area (Å²) >= 11 is 3.48. The zero-order chi connectivity index (χ0) is 15.2. The molecule has 0 unspecified atom stereocenters. The molecule has 2 rings (SSSR count). The molecule has 0 spiro atoms. The van der Waals surface area contributed by atoms with Crippen LogP contribution in [0.4, 0.5) is 5.82 Å². The third kappa shape index (κ3) is 4.88. The number of benzene rings is 1. The third-order valence-corrected chi connectivity index (χ3v) is 3.78. The summed E-state index contributed by atoms with van der Waals surface area (Å²) in [7, 11) is 0. The summed E-state index contributed by atoms with van der Waals surface area (Å²) < 4.78 is 3.19. The molecular formula is C17H24BrN3. The highest BCUT2D eigenvalue weighted by Crippen LogP contribution is 2.17. The molecule has 21 heavy (non-hydrogen) atoms. The summed E-state index contributed by atoms with van der Waals surface area (Å²) in [6.45, 7) is 8.42. The number of hydrogen-bond donors (Lipinski definition) is 1. The van der Waals surface area contributed by atoms with Gasteiger partial charge in [0.2, 0.25) is 0 Å². The fourth-order valence-electron chi connectivity index (χ4n) is 2.27. The second-order valence-electron chi connectivity index (χ2n) is 5.83. The Morgan fingerprint density at radius 2 is 1.95 bits per heavy atom. The van der Waals surface area contributed by atoms with Gasteiger partial charge in [-0.15, -0.1) is 0 Å². The molecule has 4 heteroatoms. The predicted octanol–water partition coefficient (Wildman–Crippen LogP) is 4.71. The van der Waals surface area contributed by atoms with E-state index in [1.807, 2.05) is 0 Å². The fraction of sp³-hybridized carbons (Fsp3) is 0.471. The Labute approximate surface area is 135 Å². The van der Waals surface area contributed by atoms with E-state index in [2.05, 4.69) is 77.0 Å². The molecule has 0 radical (unpaired) electrons. The highest BCUT2D eigenvalue weighted by atomic mass is 79.9. The normalized spacial score (nSPS) is 11.1. The second-order valence-corrected chi connectivity index (χ2v) is 6.75. The molecular weight excluding hydrogens is 326 g/mol. The molecule has 1 aromatic heterocycles. The monoisotopic (exact) mass is 349 g/mol. The Balaban J connectivity index is 2.18. The van der Waals surface area contributed by atoms with Gasteiger partial charge in [-0.05, 0) is 36.5 Å². The van der Waals surface area contributed by atoms with Crippen LogP contribution in [0.25, 0.3) is 0 Å². The third-order valence-electron chi connectivity index (χ3n) is 3.25. The lowest BCUT2D eigenvalue weighted by Crippen LogP contribution is -2.09. The van der Waals surface area contributed by atoms with Crippen LogP contribution in [-0.4, -0.2) is 16.3 Å². The van der Waals surface area contributed by atoms with Gasteiger partial charge in [-0.1, -0.05) is 48.8 Å². The largest absolute Gasteiger partial charge is 0.370 e. The average Bonchev–Trinajstić information content (AvgIpc) is 2.80. The Bertz CT molecular complexity index is 558. The van der Waals surface area contributed by atoms with E-state index in [9.17, 15) is 0 Å².